The molecule has 0 aromatic heterocycles. The Morgan fingerprint density at radius 3 is 2.59 bits per heavy atom. The molecule has 0 aliphatic carbocycles. The van der Waals surface area contributed by atoms with E-state index in [0.717, 1.165) is 29.2 Å². The van der Waals surface area contributed by atoms with E-state index in [-0.39, 0.29) is 6.61 Å². The predicted molar refractivity (Wildman–Crippen MR) is 123 cm³/mol. The lowest BCUT2D eigenvalue weighted by atomic mass is 10.0. The van der Waals surface area contributed by atoms with E-state index in [1.54, 1.807) is 7.11 Å². The minimum absolute atomic E-state index is 0.248. The summed E-state index contributed by atoms with van der Waals surface area (Å²) >= 11 is 0. The molecule has 6 nitrogen and oxygen atoms in total. The van der Waals surface area contributed by atoms with Crippen molar-refractivity contribution < 1.29 is 23.8 Å². The fraction of sp³-hybridized carbons (Fsp3) is 0.269. The highest BCUT2D eigenvalue weighted by Crippen LogP contribution is 2.36. The summed E-state index contributed by atoms with van der Waals surface area (Å²) in [6, 6.07) is 21.5. The van der Waals surface area contributed by atoms with E-state index >= 15 is 0 Å². The zero-order valence-electron chi connectivity index (χ0n) is 18.5. The number of rotatable bonds is 9. The molecular formula is C26H27NO5. The van der Waals surface area contributed by atoms with Gasteiger partial charge in [-0.1, -0.05) is 54.5 Å². The van der Waals surface area contributed by atoms with E-state index in [2.05, 4.69) is 18.1 Å². The first kappa shape index (κ1) is 21.6. The number of fused-ring (bicyclic) bond motifs is 1. The maximum Gasteiger partial charge on any atom is 0.161 e. The van der Waals surface area contributed by atoms with Crippen molar-refractivity contribution in [2.45, 2.75) is 19.4 Å². The van der Waals surface area contributed by atoms with Crippen molar-refractivity contribution in [3.63, 3.8) is 0 Å². The van der Waals surface area contributed by atoms with Crippen LogP contribution in [0.25, 0.3) is 0 Å². The van der Waals surface area contributed by atoms with Crippen LogP contribution in [0.5, 0.6) is 23.0 Å². The Morgan fingerprint density at radius 2 is 1.81 bits per heavy atom. The molecule has 0 saturated carbocycles. The summed E-state index contributed by atoms with van der Waals surface area (Å²) in [5.74, 6) is 3.36. The van der Waals surface area contributed by atoms with E-state index < -0.39 is 0 Å². The average Bonchev–Trinajstić information content (AvgIpc) is 3.21. The van der Waals surface area contributed by atoms with Gasteiger partial charge in [0.05, 0.1) is 13.7 Å². The maximum atomic E-state index is 5.98. The molecule has 6 heteroatoms. The standard InChI is InChI=1S/C26H27NO5/c1-18-15-31-25-14-21(10-11-22(18)25)30-16-19-9-12-24(26(13-19)28-2)32-17-23(27-29-3)20-7-5-4-6-8-20/h4-14,18H,15-17H2,1-3H3/b27-23+. The SMILES string of the molecule is CO/N=C(\COc1ccc(COc2ccc3c(c2)OCC3C)cc1OC)c1ccccc1. The highest BCUT2D eigenvalue weighted by atomic mass is 16.6. The molecule has 0 N–H and O–H groups in total. The average molecular weight is 434 g/mol. The van der Waals surface area contributed by atoms with Crippen molar-refractivity contribution in [1.82, 2.24) is 0 Å². The largest absolute Gasteiger partial charge is 0.493 e. The van der Waals surface area contributed by atoms with Gasteiger partial charge >= 0.3 is 0 Å². The molecule has 1 aliphatic rings. The fourth-order valence-corrected chi connectivity index (χ4v) is 3.58. The number of methoxy groups -OCH3 is 1. The molecule has 166 valence electrons. The lowest BCUT2D eigenvalue weighted by Gasteiger charge is -2.14. The van der Waals surface area contributed by atoms with Crippen molar-refractivity contribution in [1.29, 1.82) is 0 Å². The Hall–Kier alpha value is -3.67. The van der Waals surface area contributed by atoms with Crippen LogP contribution in [0.1, 0.15) is 29.5 Å². The van der Waals surface area contributed by atoms with Crippen LogP contribution in [-0.2, 0) is 11.4 Å². The van der Waals surface area contributed by atoms with Gasteiger partial charge in [0.25, 0.3) is 0 Å². The van der Waals surface area contributed by atoms with Crippen LogP contribution in [0.3, 0.4) is 0 Å². The van der Waals surface area contributed by atoms with E-state index in [1.807, 2.05) is 60.7 Å². The van der Waals surface area contributed by atoms with Gasteiger partial charge in [0, 0.05) is 23.1 Å². The monoisotopic (exact) mass is 433 g/mol. The number of ether oxygens (including phenoxy) is 4. The predicted octanol–water partition coefficient (Wildman–Crippen LogP) is 5.20. The summed E-state index contributed by atoms with van der Waals surface area (Å²) in [7, 11) is 3.14. The molecule has 1 heterocycles. The van der Waals surface area contributed by atoms with Crippen LogP contribution >= 0.6 is 0 Å². The second kappa shape index (κ2) is 10.1. The third kappa shape index (κ3) is 4.97. The number of nitrogens with zero attached hydrogens (tertiary/aromatic N) is 1. The highest BCUT2D eigenvalue weighted by molar-refractivity contribution is 6.01. The Morgan fingerprint density at radius 1 is 0.969 bits per heavy atom. The van der Waals surface area contributed by atoms with Crippen LogP contribution in [0.4, 0.5) is 0 Å². The second-order valence-electron chi connectivity index (χ2n) is 7.56. The van der Waals surface area contributed by atoms with Crippen LogP contribution in [0.15, 0.2) is 71.9 Å². The number of hydrogen-bond donors (Lipinski definition) is 0. The number of oxime groups is 1. The van der Waals surface area contributed by atoms with Gasteiger partial charge in [0.15, 0.2) is 11.5 Å². The van der Waals surface area contributed by atoms with Gasteiger partial charge in [-0.3, -0.25) is 0 Å². The number of benzene rings is 3. The third-order valence-corrected chi connectivity index (χ3v) is 5.31. The quantitative estimate of drug-likeness (QED) is 0.343. The Kier molecular flexibility index (Phi) is 6.80. The molecule has 32 heavy (non-hydrogen) atoms. The lowest BCUT2D eigenvalue weighted by Crippen LogP contribution is -2.14. The molecule has 0 fully saturated rings. The molecule has 0 amide bonds. The molecule has 4 rings (SSSR count). The maximum absolute atomic E-state index is 5.98. The highest BCUT2D eigenvalue weighted by Gasteiger charge is 2.20. The third-order valence-electron chi connectivity index (χ3n) is 5.31. The summed E-state index contributed by atoms with van der Waals surface area (Å²) in [5.41, 5.74) is 3.83. The molecule has 0 radical (unpaired) electrons. The van der Waals surface area contributed by atoms with Gasteiger partial charge in [-0.15, -0.1) is 0 Å². The smallest absolute Gasteiger partial charge is 0.161 e. The first-order valence-electron chi connectivity index (χ1n) is 10.5. The first-order valence-corrected chi connectivity index (χ1v) is 10.5. The first-order chi connectivity index (χ1) is 15.7. The molecule has 0 saturated heterocycles. The summed E-state index contributed by atoms with van der Waals surface area (Å²) in [5, 5.41) is 4.10. The summed E-state index contributed by atoms with van der Waals surface area (Å²) in [6.07, 6.45) is 0. The van der Waals surface area contributed by atoms with Crippen molar-refractivity contribution in [3.05, 3.63) is 83.4 Å². The minimum Gasteiger partial charge on any atom is -0.493 e. The van der Waals surface area contributed by atoms with Crippen LogP contribution in [0.2, 0.25) is 0 Å². The van der Waals surface area contributed by atoms with Gasteiger partial charge in [0.2, 0.25) is 0 Å². The summed E-state index contributed by atoms with van der Waals surface area (Å²) in [4.78, 5) is 4.98. The lowest BCUT2D eigenvalue weighted by molar-refractivity contribution is 0.210. The summed E-state index contributed by atoms with van der Waals surface area (Å²) in [6.45, 7) is 3.54. The van der Waals surface area contributed by atoms with Crippen LogP contribution in [-0.4, -0.2) is 33.1 Å². The Labute approximate surface area is 188 Å². The zero-order valence-corrected chi connectivity index (χ0v) is 18.5. The summed E-state index contributed by atoms with van der Waals surface area (Å²) < 4.78 is 23.2. The topological polar surface area (TPSA) is 58.5 Å². The Balaban J connectivity index is 1.41. The normalized spacial score (nSPS) is 15.0. The van der Waals surface area contributed by atoms with Crippen molar-refractivity contribution in [3.8, 4) is 23.0 Å². The molecule has 0 bridgehead atoms. The van der Waals surface area contributed by atoms with Crippen molar-refractivity contribution in [2.24, 2.45) is 5.16 Å². The molecule has 3 aromatic rings. The molecule has 1 unspecified atom stereocenters. The van der Waals surface area contributed by atoms with Gasteiger partial charge in [-0.25, -0.2) is 0 Å². The minimum atomic E-state index is 0.248. The van der Waals surface area contributed by atoms with E-state index in [0.29, 0.717) is 29.7 Å². The van der Waals surface area contributed by atoms with Gasteiger partial charge < -0.3 is 23.8 Å². The van der Waals surface area contributed by atoms with Crippen LogP contribution < -0.4 is 18.9 Å². The molecule has 1 atom stereocenters. The van der Waals surface area contributed by atoms with Gasteiger partial charge in [-0.05, 0) is 23.8 Å². The Bertz CT molecular complexity index is 1080. The van der Waals surface area contributed by atoms with Crippen molar-refractivity contribution in [2.75, 3.05) is 27.4 Å². The molecule has 1 aliphatic heterocycles. The van der Waals surface area contributed by atoms with Crippen LogP contribution in [0, 0.1) is 0 Å². The fourth-order valence-electron chi connectivity index (χ4n) is 3.58. The van der Waals surface area contributed by atoms with Crippen molar-refractivity contribution >= 4 is 5.71 Å². The molecular weight excluding hydrogens is 406 g/mol. The van der Waals surface area contributed by atoms with E-state index in [4.69, 9.17) is 23.8 Å². The molecule has 3 aromatic carbocycles. The molecule has 0 spiro atoms. The zero-order chi connectivity index (χ0) is 22.3. The van der Waals surface area contributed by atoms with Gasteiger partial charge in [-0.2, -0.15) is 0 Å². The van der Waals surface area contributed by atoms with Gasteiger partial charge in [0.1, 0.15) is 37.5 Å². The number of hydrogen-bond acceptors (Lipinski definition) is 6. The van der Waals surface area contributed by atoms with E-state index in [9.17, 15) is 0 Å². The van der Waals surface area contributed by atoms with E-state index in [1.165, 1.54) is 12.7 Å². The second-order valence-corrected chi connectivity index (χ2v) is 7.56.